The number of aryl methyl sites for hydroxylation is 4. The van der Waals surface area contributed by atoms with Gasteiger partial charge in [-0.25, -0.2) is 0 Å². The Bertz CT molecular complexity index is 1760. The Kier molecular flexibility index (Phi) is 14.4. The van der Waals surface area contributed by atoms with E-state index in [0.29, 0.717) is 0 Å². The molecule has 0 spiro atoms. The van der Waals surface area contributed by atoms with Gasteiger partial charge >= 0.3 is 73.4 Å². The first kappa shape index (κ1) is 37.7. The minimum Gasteiger partial charge on any atom is -0.0622 e. The van der Waals surface area contributed by atoms with Crippen molar-refractivity contribution in [2.75, 3.05) is 29.6 Å². The molecule has 0 amide bonds. The Morgan fingerprint density at radius 2 is 0.780 bits per heavy atom. The fraction of sp³-hybridized carbons (Fsp3) is 0.159. The number of hydrogen-bond acceptors (Lipinski definition) is 2. The second-order valence-corrected chi connectivity index (χ2v) is 20.2. The molecule has 0 saturated carbocycles. The number of nitrogens with zero attached hydrogens (tertiary/aromatic N) is 2. The normalized spacial score (nSPS) is 12.4. The zero-order valence-electron chi connectivity index (χ0n) is 29.2. The topological polar surface area (TPSA) is 6.48 Å². The van der Waals surface area contributed by atoms with Gasteiger partial charge < -0.3 is 9.80 Å². The zero-order chi connectivity index (χ0) is 35.3. The van der Waals surface area contributed by atoms with Gasteiger partial charge in [-0.1, -0.05) is 127 Å². The Balaban J connectivity index is 0.000000155. The number of anilines is 2. The average Bonchev–Trinajstić information content (AvgIpc) is 3.59. The van der Waals surface area contributed by atoms with Gasteiger partial charge in [-0.3, -0.25) is 0 Å². The van der Waals surface area contributed by atoms with Crippen LogP contribution in [0, 0.1) is 27.7 Å². The molecule has 6 aromatic rings. The van der Waals surface area contributed by atoms with Crippen molar-refractivity contribution >= 4 is 59.2 Å². The van der Waals surface area contributed by atoms with Gasteiger partial charge in [-0.2, -0.15) is 0 Å². The summed E-state index contributed by atoms with van der Waals surface area (Å²) in [5.41, 5.74) is 9.43. The summed E-state index contributed by atoms with van der Waals surface area (Å²) in [5, 5.41) is 4.19. The molecule has 6 aromatic carbocycles. The van der Waals surface area contributed by atoms with E-state index in [0.717, 1.165) is 25.3 Å². The Morgan fingerprint density at radius 3 is 1.10 bits per heavy atom. The molecule has 0 atom stereocenters. The summed E-state index contributed by atoms with van der Waals surface area (Å²) in [6, 6.07) is 55.4. The molecular weight excluding hydrogens is 759 g/mol. The molecule has 0 N–H and O–H groups in total. The quantitative estimate of drug-likeness (QED) is 0.122. The van der Waals surface area contributed by atoms with E-state index in [2.05, 4.69) is 165 Å². The van der Waals surface area contributed by atoms with Gasteiger partial charge in [0.15, 0.2) is 0 Å². The third-order valence-electron chi connectivity index (χ3n) is 8.53. The minimum atomic E-state index is -1.61. The predicted molar refractivity (Wildman–Crippen MR) is 220 cm³/mol. The molecule has 1 aliphatic rings. The Labute approximate surface area is 313 Å². The number of para-hydroxylation sites is 2. The van der Waals surface area contributed by atoms with E-state index in [9.17, 15) is 0 Å². The van der Waals surface area contributed by atoms with Gasteiger partial charge in [0.1, 0.15) is 0 Å². The van der Waals surface area contributed by atoms with Crippen molar-refractivity contribution in [2.24, 2.45) is 0 Å². The molecule has 50 heavy (non-hydrogen) atoms. The molecule has 1 fully saturated rings. The fourth-order valence-corrected chi connectivity index (χ4v) is 10.5. The smallest absolute Gasteiger partial charge is 0.0134 e. The van der Waals surface area contributed by atoms with Gasteiger partial charge in [-0.15, -0.1) is 0 Å². The van der Waals surface area contributed by atoms with E-state index in [4.69, 9.17) is 19.4 Å². The van der Waals surface area contributed by atoms with Crippen LogP contribution in [-0.2, 0) is 13.5 Å². The van der Waals surface area contributed by atoms with Crippen LogP contribution >= 0.6 is 27.3 Å². The molecule has 1 saturated heterocycles. The standard InChI is InChI=1S/C19H24N2.C18H15P.C7H6.2ClH.Ru/c1-14-7-5-8-15(2)18(14)20-11-12-21(13-20)19-16(3)9-6-10-17(19)4;1-4-10-16(11-5-1)19(17-12-6-2-7-13-17)18-14-8-3-9-15-18;1-7-5-3-2-4-6-7;;;/h5-10H,11-13H2,1-4H3;1-15H;1-6H;2*1H;/q;;;;;+2/p-2. The largest absolute Gasteiger partial charge is 0.0622 e. The molecule has 7 rings (SSSR count). The van der Waals surface area contributed by atoms with Crippen LogP contribution < -0.4 is 25.7 Å². The summed E-state index contributed by atoms with van der Waals surface area (Å²) in [6.07, 6.45) is 0. The molecule has 1 aliphatic heterocycles. The van der Waals surface area contributed by atoms with Crippen molar-refractivity contribution in [3.8, 4) is 0 Å². The Morgan fingerprint density at radius 1 is 0.460 bits per heavy atom. The molecule has 0 radical (unpaired) electrons. The van der Waals surface area contributed by atoms with Gasteiger partial charge in [0.05, 0.1) is 6.67 Å². The van der Waals surface area contributed by atoms with Crippen LogP contribution in [0.1, 0.15) is 27.8 Å². The number of benzene rings is 6. The molecule has 258 valence electrons. The molecule has 2 nitrogen and oxygen atoms in total. The number of hydrogen-bond donors (Lipinski definition) is 0. The molecule has 6 heteroatoms. The van der Waals surface area contributed by atoms with Crippen LogP contribution in [0.2, 0.25) is 0 Å². The summed E-state index contributed by atoms with van der Waals surface area (Å²) in [7, 11) is 10.9. The first-order valence-corrected chi connectivity index (χ1v) is 23.6. The predicted octanol–water partition coefficient (Wildman–Crippen LogP) is 10.4. The van der Waals surface area contributed by atoms with E-state index < -0.39 is 21.4 Å². The van der Waals surface area contributed by atoms with Gasteiger partial charge in [-0.05, 0) is 73.8 Å². The fourth-order valence-electron chi connectivity index (χ4n) is 6.35. The minimum absolute atomic E-state index is 0.446. The second kappa shape index (κ2) is 19.1. The maximum Gasteiger partial charge on any atom is -0.0134 e. The van der Waals surface area contributed by atoms with Gasteiger partial charge in [0, 0.05) is 24.5 Å². The first-order valence-electron chi connectivity index (χ1n) is 16.8. The molecule has 0 unspecified atom stereocenters. The maximum absolute atomic E-state index is 5.67. The monoisotopic (exact) mass is 804 g/mol. The van der Waals surface area contributed by atoms with Crippen LogP contribution in [0.5, 0.6) is 0 Å². The summed E-state index contributed by atoms with van der Waals surface area (Å²) in [6.45, 7) is 12.0. The summed E-state index contributed by atoms with van der Waals surface area (Å²) in [5.74, 6) is 0. The van der Waals surface area contributed by atoms with Crippen LogP contribution in [-0.4, -0.2) is 24.4 Å². The van der Waals surface area contributed by atoms with Crippen molar-refractivity contribution < 1.29 is 13.5 Å². The Hall–Kier alpha value is -3.58. The summed E-state index contributed by atoms with van der Waals surface area (Å²) < 4.78 is 1.92. The van der Waals surface area contributed by atoms with Crippen molar-refractivity contribution in [1.82, 2.24) is 0 Å². The number of halogens is 2. The van der Waals surface area contributed by atoms with E-state index >= 15 is 0 Å². The van der Waals surface area contributed by atoms with Gasteiger partial charge in [0.2, 0.25) is 0 Å². The third-order valence-corrected chi connectivity index (χ3v) is 12.8. The molecule has 0 aromatic heterocycles. The van der Waals surface area contributed by atoms with E-state index in [1.54, 1.807) is 0 Å². The molecule has 1 heterocycles. The second-order valence-electron chi connectivity index (χ2n) is 12.2. The molecule has 0 aliphatic carbocycles. The van der Waals surface area contributed by atoms with E-state index in [1.807, 2.05) is 34.9 Å². The van der Waals surface area contributed by atoms with Crippen LogP contribution in [0.15, 0.2) is 158 Å². The zero-order valence-corrected chi connectivity index (χ0v) is 33.3. The van der Waals surface area contributed by atoms with Gasteiger partial charge in [0.25, 0.3) is 0 Å². The van der Waals surface area contributed by atoms with Crippen LogP contribution in [0.3, 0.4) is 0 Å². The third kappa shape index (κ3) is 10.5. The van der Waals surface area contributed by atoms with E-state index in [1.165, 1.54) is 49.5 Å². The van der Waals surface area contributed by atoms with Crippen molar-refractivity contribution in [3.05, 3.63) is 186 Å². The summed E-state index contributed by atoms with van der Waals surface area (Å²) in [4.78, 5) is 5.02. The molecular formula is C44H45Cl2N2PRu. The molecule has 0 bridgehead atoms. The van der Waals surface area contributed by atoms with Crippen molar-refractivity contribution in [2.45, 2.75) is 27.7 Å². The van der Waals surface area contributed by atoms with Crippen LogP contribution in [0.4, 0.5) is 11.4 Å². The SMILES string of the molecule is Cc1cccc(C)c1N1CCN(c2c(C)cccc2C)C1.[Cl][Ru]([Cl])=[CH]c1ccccc1.c1ccc(P(c2ccccc2)c2ccccc2)cc1. The van der Waals surface area contributed by atoms with E-state index in [-0.39, 0.29) is 0 Å². The first-order chi connectivity index (χ1) is 24.3. The average molecular weight is 805 g/mol. The van der Waals surface area contributed by atoms with Crippen molar-refractivity contribution in [1.29, 1.82) is 0 Å². The maximum atomic E-state index is 5.67. The van der Waals surface area contributed by atoms with Crippen molar-refractivity contribution in [3.63, 3.8) is 0 Å². The summed E-state index contributed by atoms with van der Waals surface area (Å²) >= 11 is -1.61. The van der Waals surface area contributed by atoms with Crippen LogP contribution in [0.25, 0.3) is 0 Å². The number of rotatable bonds is 6.